The molecule has 9 nitrogen and oxygen atoms in total. The van der Waals surface area contributed by atoms with Crippen molar-refractivity contribution >= 4 is 62.7 Å². The summed E-state index contributed by atoms with van der Waals surface area (Å²) in [6.07, 6.45) is 4.31. The molecule has 1 aliphatic carbocycles. The fourth-order valence-corrected chi connectivity index (χ4v) is 6.77. The van der Waals surface area contributed by atoms with Crippen LogP contribution in [0.5, 0.6) is 0 Å². The largest absolute Gasteiger partial charge is 0.382 e. The Bertz CT molecular complexity index is 1480. The van der Waals surface area contributed by atoms with Crippen molar-refractivity contribution in [3.8, 4) is 11.8 Å². The first-order chi connectivity index (χ1) is 18.2. The molecule has 5 rings (SSSR count). The molecule has 0 saturated carbocycles. The first-order valence-electron chi connectivity index (χ1n) is 12.0. The van der Waals surface area contributed by atoms with Gasteiger partial charge in [0.1, 0.15) is 15.4 Å². The first-order valence-corrected chi connectivity index (χ1v) is 14.0. The quantitative estimate of drug-likeness (QED) is 0.325. The number of pyridine rings is 1. The molecule has 1 spiro atoms. The molecule has 0 unspecified atom stereocenters. The Morgan fingerprint density at radius 3 is 2.74 bits per heavy atom. The third kappa shape index (κ3) is 5.01. The van der Waals surface area contributed by atoms with E-state index in [0.29, 0.717) is 31.2 Å². The summed E-state index contributed by atoms with van der Waals surface area (Å²) < 4.78 is 0.613. The van der Waals surface area contributed by atoms with Crippen LogP contribution < -0.4 is 27.4 Å². The van der Waals surface area contributed by atoms with Crippen LogP contribution in [0, 0.1) is 17.3 Å². The molecule has 7 N–H and O–H groups in total. The minimum atomic E-state index is -0.314. The lowest BCUT2D eigenvalue weighted by atomic mass is 9.73. The molecule has 3 aromatic rings. The van der Waals surface area contributed by atoms with E-state index in [-0.39, 0.29) is 23.2 Å². The molecule has 1 aromatic carbocycles. The molecule has 1 atom stereocenters. The molecule has 0 radical (unpaired) electrons. The van der Waals surface area contributed by atoms with Gasteiger partial charge in [0.2, 0.25) is 0 Å². The van der Waals surface area contributed by atoms with Crippen molar-refractivity contribution < 1.29 is 4.79 Å². The van der Waals surface area contributed by atoms with Gasteiger partial charge >= 0.3 is 0 Å². The highest BCUT2D eigenvalue weighted by atomic mass is 79.9. The molecule has 1 amide bonds. The summed E-state index contributed by atoms with van der Waals surface area (Å²) in [4.78, 5) is 27.7. The zero-order chi connectivity index (χ0) is 27.0. The molecule has 12 heteroatoms. The van der Waals surface area contributed by atoms with E-state index in [1.54, 1.807) is 19.3 Å². The second kappa shape index (κ2) is 10.6. The van der Waals surface area contributed by atoms with Crippen molar-refractivity contribution in [2.75, 3.05) is 36.5 Å². The van der Waals surface area contributed by atoms with Gasteiger partial charge in [0.25, 0.3) is 5.91 Å². The number of nitrogens with two attached hydrogens (primary N) is 3. The van der Waals surface area contributed by atoms with Crippen LogP contribution in [0.4, 0.5) is 17.5 Å². The van der Waals surface area contributed by atoms with Gasteiger partial charge < -0.3 is 27.4 Å². The van der Waals surface area contributed by atoms with E-state index in [1.165, 1.54) is 17.3 Å². The summed E-state index contributed by atoms with van der Waals surface area (Å²) in [7, 11) is 1.56. The Morgan fingerprint density at radius 2 is 2.00 bits per heavy atom. The van der Waals surface area contributed by atoms with Gasteiger partial charge in [0.05, 0.1) is 5.02 Å². The number of amides is 1. The van der Waals surface area contributed by atoms with Crippen LogP contribution in [0.15, 0.2) is 45.0 Å². The Kier molecular flexibility index (Phi) is 7.42. The van der Waals surface area contributed by atoms with Crippen LogP contribution in [-0.2, 0) is 11.2 Å². The smallest absolute Gasteiger partial charge is 0.295 e. The number of rotatable bonds is 3. The predicted molar refractivity (Wildman–Crippen MR) is 154 cm³/mol. The first kappa shape index (κ1) is 26.6. The van der Waals surface area contributed by atoms with Crippen molar-refractivity contribution in [2.45, 2.75) is 35.2 Å². The average Bonchev–Trinajstić information content (AvgIpc) is 3.18. The zero-order valence-electron chi connectivity index (χ0n) is 20.6. The lowest BCUT2D eigenvalue weighted by Crippen LogP contribution is -2.44. The Morgan fingerprint density at radius 1 is 1.24 bits per heavy atom. The van der Waals surface area contributed by atoms with E-state index in [0.717, 1.165) is 43.5 Å². The van der Waals surface area contributed by atoms with Crippen LogP contribution >= 0.6 is 39.3 Å². The number of nitrogens with zero attached hydrogens (tertiary/aromatic N) is 4. The van der Waals surface area contributed by atoms with Crippen LogP contribution in [0.3, 0.4) is 0 Å². The molecule has 38 heavy (non-hydrogen) atoms. The molecular weight excluding hydrogens is 588 g/mol. The maximum atomic E-state index is 11.5. The van der Waals surface area contributed by atoms with Gasteiger partial charge in [-0.05, 0) is 69.9 Å². The third-order valence-electron chi connectivity index (χ3n) is 7.21. The number of fused-ring (bicyclic) bond motifs is 1. The number of hydrogen-bond acceptors (Lipinski definition) is 9. The summed E-state index contributed by atoms with van der Waals surface area (Å²) in [6, 6.07) is 7.73. The van der Waals surface area contributed by atoms with E-state index in [1.807, 2.05) is 12.1 Å². The summed E-state index contributed by atoms with van der Waals surface area (Å²) in [6.45, 7) is 1.55. The number of nitrogen functional groups attached to an aromatic ring is 2. The van der Waals surface area contributed by atoms with Gasteiger partial charge in [-0.1, -0.05) is 35.3 Å². The average molecular weight is 614 g/mol. The highest BCUT2D eigenvalue weighted by molar-refractivity contribution is 9.10. The lowest BCUT2D eigenvalue weighted by molar-refractivity contribution is -0.115. The highest BCUT2D eigenvalue weighted by Crippen LogP contribution is 2.51. The van der Waals surface area contributed by atoms with Crippen molar-refractivity contribution in [3.05, 3.63) is 56.8 Å². The van der Waals surface area contributed by atoms with Gasteiger partial charge in [-0.25, -0.2) is 15.0 Å². The van der Waals surface area contributed by atoms with Crippen molar-refractivity contribution in [3.63, 3.8) is 0 Å². The summed E-state index contributed by atoms with van der Waals surface area (Å²) in [5.41, 5.74) is 22.1. The Hall–Kier alpha value is -3.04. The van der Waals surface area contributed by atoms with E-state index >= 15 is 0 Å². The molecule has 2 aliphatic rings. The number of benzene rings is 1. The third-order valence-corrected chi connectivity index (χ3v) is 9.30. The monoisotopic (exact) mass is 612 g/mol. The van der Waals surface area contributed by atoms with Crippen molar-refractivity contribution in [1.82, 2.24) is 20.3 Å². The second-order valence-corrected chi connectivity index (χ2v) is 11.5. The molecule has 0 bridgehead atoms. The minimum absolute atomic E-state index is 0.0368. The van der Waals surface area contributed by atoms with E-state index in [4.69, 9.17) is 28.8 Å². The Balaban J connectivity index is 1.30. The van der Waals surface area contributed by atoms with Gasteiger partial charge in [0.15, 0.2) is 11.6 Å². The van der Waals surface area contributed by atoms with Crippen molar-refractivity contribution in [2.24, 2.45) is 11.1 Å². The maximum absolute atomic E-state index is 11.5. The number of carbonyl (C=O) groups is 1. The number of hydrogen-bond donors (Lipinski definition) is 4. The summed E-state index contributed by atoms with van der Waals surface area (Å²) in [5, 5.41) is 3.40. The van der Waals surface area contributed by atoms with Crippen molar-refractivity contribution in [1.29, 1.82) is 0 Å². The standard InChI is InChI=1S/C26H26BrClN8OS/c1-32-18(37)5-3-14-2-4-15-13-26(20(29)16(15)12-14)7-10-36(11-8-26)24-21(27)34-25(23(31)35-24)38-17-6-9-33-22(30)19(17)28/h2,4,6,9,12,20H,7-8,10-11,13,29H2,1H3,(H2,30,33)(H2,31,35)(H,32,37)/t20-/m1/s1. The van der Waals surface area contributed by atoms with Crippen LogP contribution in [0.25, 0.3) is 0 Å². The molecule has 1 saturated heterocycles. The van der Waals surface area contributed by atoms with Crippen LogP contribution in [0.1, 0.15) is 35.6 Å². The Labute approximate surface area is 238 Å². The minimum Gasteiger partial charge on any atom is -0.382 e. The molecule has 1 fully saturated rings. The topological polar surface area (TPSA) is 149 Å². The summed E-state index contributed by atoms with van der Waals surface area (Å²) in [5.74, 6) is 6.48. The maximum Gasteiger partial charge on any atom is 0.295 e. The molecular formula is C26H26BrClN8OS. The molecule has 2 aromatic heterocycles. The lowest BCUT2D eigenvalue weighted by Gasteiger charge is -2.42. The fourth-order valence-electron chi connectivity index (χ4n) is 5.09. The molecule has 3 heterocycles. The number of aromatic nitrogens is 3. The number of anilines is 3. The van der Waals surface area contributed by atoms with E-state index in [2.05, 4.69) is 59.0 Å². The second-order valence-electron chi connectivity index (χ2n) is 9.39. The number of carbonyl (C=O) groups excluding carboxylic acids is 1. The van der Waals surface area contributed by atoms with Gasteiger partial charge in [-0.15, -0.1) is 0 Å². The van der Waals surface area contributed by atoms with Gasteiger partial charge in [-0.3, -0.25) is 4.79 Å². The summed E-state index contributed by atoms with van der Waals surface area (Å²) >= 11 is 11.2. The number of piperidine rings is 1. The zero-order valence-corrected chi connectivity index (χ0v) is 23.8. The SMILES string of the molecule is CNC(=O)C#Cc1ccc2c(c1)[C@@H](N)C1(CCN(c3nc(N)c(Sc4ccnc(N)c4Cl)nc3Br)CC1)C2. The number of halogens is 2. The van der Waals surface area contributed by atoms with E-state index < -0.39 is 0 Å². The molecule has 1 aliphatic heterocycles. The predicted octanol–water partition coefficient (Wildman–Crippen LogP) is 3.54. The van der Waals surface area contributed by atoms with E-state index in [9.17, 15) is 4.79 Å². The van der Waals surface area contributed by atoms with Gasteiger partial charge in [-0.2, -0.15) is 0 Å². The number of nitrogens with one attached hydrogen (secondary N) is 1. The van der Waals surface area contributed by atoms with Crippen LogP contribution in [0.2, 0.25) is 5.02 Å². The van der Waals surface area contributed by atoms with Gasteiger partial charge in [0, 0.05) is 48.8 Å². The fraction of sp³-hybridized carbons (Fsp3) is 0.308. The molecule has 196 valence electrons. The highest BCUT2D eigenvalue weighted by Gasteiger charge is 2.46. The van der Waals surface area contributed by atoms with Crippen LogP contribution in [-0.4, -0.2) is 41.0 Å². The normalized spacial score (nSPS) is 17.6.